The molecule has 2 aromatic rings. The monoisotopic (exact) mass is 370 g/mol. The van der Waals surface area contributed by atoms with Gasteiger partial charge in [-0.3, -0.25) is 0 Å². The van der Waals surface area contributed by atoms with Crippen molar-refractivity contribution in [3.05, 3.63) is 53.6 Å². The van der Waals surface area contributed by atoms with E-state index in [-0.39, 0.29) is 12.0 Å². The van der Waals surface area contributed by atoms with Crippen LogP contribution in [0.25, 0.3) is 0 Å². The van der Waals surface area contributed by atoms with Crippen LogP contribution >= 0.6 is 0 Å². The Hall–Kier alpha value is -3.22. The van der Waals surface area contributed by atoms with Crippen LogP contribution in [0.2, 0.25) is 0 Å². The fourth-order valence-corrected chi connectivity index (χ4v) is 2.64. The number of carbonyl (C=O) groups is 2. The van der Waals surface area contributed by atoms with E-state index >= 15 is 0 Å². The molecule has 1 heterocycles. The van der Waals surface area contributed by atoms with Gasteiger partial charge in [0.2, 0.25) is 0 Å². The molecule has 27 heavy (non-hydrogen) atoms. The molecule has 0 saturated heterocycles. The number of fused-ring (bicyclic) bond motifs is 1. The van der Waals surface area contributed by atoms with Gasteiger partial charge in [-0.05, 0) is 55.3 Å². The second-order valence-corrected chi connectivity index (χ2v) is 5.91. The number of carbonyl (C=O) groups excluding carboxylic acids is 2. The van der Waals surface area contributed by atoms with Crippen molar-refractivity contribution in [1.29, 1.82) is 0 Å². The summed E-state index contributed by atoms with van der Waals surface area (Å²) in [5.74, 6) is 1.11. The van der Waals surface area contributed by atoms with Gasteiger partial charge in [-0.1, -0.05) is 6.07 Å². The average Bonchev–Trinajstić information content (AvgIpc) is 2.68. The topological polar surface area (TPSA) is 85.9 Å². The number of ether oxygens (including phenoxy) is 3. The number of nitrogens with one attached hydrogen (secondary N) is 2. The number of urea groups is 1. The molecular weight excluding hydrogens is 348 g/mol. The summed E-state index contributed by atoms with van der Waals surface area (Å²) < 4.78 is 16.0. The van der Waals surface area contributed by atoms with Gasteiger partial charge in [0.05, 0.1) is 12.2 Å². The number of hydrogen-bond acceptors (Lipinski definition) is 5. The SMILES string of the molecule is CCOC(=O)c1ccc(NC(=O)NCCc2ccc3c(c2)OCCO3)cc1. The second kappa shape index (κ2) is 8.93. The predicted molar refractivity (Wildman–Crippen MR) is 101 cm³/mol. The summed E-state index contributed by atoms with van der Waals surface area (Å²) in [6, 6.07) is 12.0. The third kappa shape index (κ3) is 5.13. The molecule has 2 amide bonds. The maximum atomic E-state index is 12.0. The number of anilines is 1. The van der Waals surface area contributed by atoms with Crippen LogP contribution in [0.5, 0.6) is 11.5 Å². The number of amides is 2. The molecule has 1 aliphatic rings. The minimum atomic E-state index is -0.382. The van der Waals surface area contributed by atoms with Crippen LogP contribution < -0.4 is 20.1 Å². The Morgan fingerprint density at radius 3 is 2.52 bits per heavy atom. The van der Waals surface area contributed by atoms with Crippen LogP contribution in [0.1, 0.15) is 22.8 Å². The van der Waals surface area contributed by atoms with Crippen molar-refractivity contribution in [2.24, 2.45) is 0 Å². The zero-order valence-electron chi connectivity index (χ0n) is 15.1. The van der Waals surface area contributed by atoms with E-state index in [4.69, 9.17) is 14.2 Å². The van der Waals surface area contributed by atoms with Gasteiger partial charge in [0, 0.05) is 12.2 Å². The molecule has 1 aliphatic heterocycles. The van der Waals surface area contributed by atoms with Crippen molar-refractivity contribution in [2.45, 2.75) is 13.3 Å². The number of rotatable bonds is 6. The van der Waals surface area contributed by atoms with Gasteiger partial charge < -0.3 is 24.8 Å². The molecule has 0 saturated carbocycles. The molecule has 0 unspecified atom stereocenters. The first kappa shape index (κ1) is 18.6. The van der Waals surface area contributed by atoms with Crippen LogP contribution in [0.4, 0.5) is 10.5 Å². The molecule has 0 aliphatic carbocycles. The van der Waals surface area contributed by atoms with Gasteiger partial charge in [-0.15, -0.1) is 0 Å². The second-order valence-electron chi connectivity index (χ2n) is 5.91. The largest absolute Gasteiger partial charge is 0.486 e. The molecule has 142 valence electrons. The smallest absolute Gasteiger partial charge is 0.338 e. The predicted octanol–water partition coefficient (Wildman–Crippen LogP) is 3.00. The first-order valence-electron chi connectivity index (χ1n) is 8.86. The third-order valence-electron chi connectivity index (χ3n) is 3.96. The highest BCUT2D eigenvalue weighted by Crippen LogP contribution is 2.30. The van der Waals surface area contributed by atoms with E-state index in [0.717, 1.165) is 17.1 Å². The molecule has 0 radical (unpaired) electrons. The first-order chi connectivity index (χ1) is 13.2. The summed E-state index contributed by atoms with van der Waals surface area (Å²) in [6.07, 6.45) is 0.672. The van der Waals surface area contributed by atoms with E-state index in [0.29, 0.717) is 44.0 Å². The molecule has 2 aromatic carbocycles. The lowest BCUT2D eigenvalue weighted by atomic mass is 10.1. The van der Waals surface area contributed by atoms with E-state index in [1.807, 2.05) is 18.2 Å². The molecule has 0 bridgehead atoms. The number of esters is 1. The van der Waals surface area contributed by atoms with Crippen LogP contribution in [0.15, 0.2) is 42.5 Å². The van der Waals surface area contributed by atoms with Crippen molar-refractivity contribution in [3.8, 4) is 11.5 Å². The van der Waals surface area contributed by atoms with Crippen molar-refractivity contribution >= 4 is 17.7 Å². The summed E-state index contributed by atoms with van der Waals surface area (Å²) in [4.78, 5) is 23.6. The Balaban J connectivity index is 1.45. The van der Waals surface area contributed by atoms with Gasteiger partial charge in [-0.2, -0.15) is 0 Å². The van der Waals surface area contributed by atoms with Crippen molar-refractivity contribution < 1.29 is 23.8 Å². The molecule has 0 fully saturated rings. The van der Waals surface area contributed by atoms with Crippen molar-refractivity contribution in [3.63, 3.8) is 0 Å². The highest BCUT2D eigenvalue weighted by molar-refractivity contribution is 5.92. The number of hydrogen-bond donors (Lipinski definition) is 2. The third-order valence-corrected chi connectivity index (χ3v) is 3.96. The highest BCUT2D eigenvalue weighted by Gasteiger charge is 2.12. The van der Waals surface area contributed by atoms with E-state index in [1.165, 1.54) is 0 Å². The van der Waals surface area contributed by atoms with Crippen LogP contribution in [-0.2, 0) is 11.2 Å². The van der Waals surface area contributed by atoms with Crippen LogP contribution in [0.3, 0.4) is 0 Å². The lowest BCUT2D eigenvalue weighted by Crippen LogP contribution is -2.30. The normalized spacial score (nSPS) is 12.2. The molecular formula is C20H22N2O5. The molecule has 7 heteroatoms. The summed E-state index contributed by atoms with van der Waals surface area (Å²) >= 11 is 0. The van der Waals surface area contributed by atoms with E-state index < -0.39 is 0 Å². The first-order valence-corrected chi connectivity index (χ1v) is 8.86. The van der Waals surface area contributed by atoms with E-state index in [2.05, 4.69) is 10.6 Å². The van der Waals surface area contributed by atoms with Gasteiger partial charge in [0.1, 0.15) is 13.2 Å². The fourth-order valence-electron chi connectivity index (χ4n) is 2.64. The molecule has 3 rings (SSSR count). The lowest BCUT2D eigenvalue weighted by Gasteiger charge is -2.18. The highest BCUT2D eigenvalue weighted by atomic mass is 16.6. The van der Waals surface area contributed by atoms with Gasteiger partial charge in [0.25, 0.3) is 0 Å². The molecule has 0 spiro atoms. The zero-order valence-corrected chi connectivity index (χ0v) is 15.1. The lowest BCUT2D eigenvalue weighted by molar-refractivity contribution is 0.0526. The van der Waals surface area contributed by atoms with Crippen LogP contribution in [0, 0.1) is 0 Å². The molecule has 2 N–H and O–H groups in total. The van der Waals surface area contributed by atoms with E-state index in [9.17, 15) is 9.59 Å². The molecule has 0 aromatic heterocycles. The Bertz CT molecular complexity index is 805. The zero-order chi connectivity index (χ0) is 19.1. The molecule has 7 nitrogen and oxygen atoms in total. The Morgan fingerprint density at radius 1 is 1.04 bits per heavy atom. The maximum Gasteiger partial charge on any atom is 0.338 e. The molecule has 0 atom stereocenters. The standard InChI is InChI=1S/C20H22N2O5/c1-2-25-19(23)15-4-6-16(7-5-15)22-20(24)21-10-9-14-3-8-17-18(13-14)27-12-11-26-17/h3-8,13H,2,9-12H2,1H3,(H2,21,22,24). The number of benzene rings is 2. The summed E-state index contributed by atoms with van der Waals surface area (Å²) in [5.41, 5.74) is 2.10. The Labute approximate surface area is 157 Å². The minimum Gasteiger partial charge on any atom is -0.486 e. The maximum absolute atomic E-state index is 12.0. The van der Waals surface area contributed by atoms with E-state index in [1.54, 1.807) is 31.2 Å². The van der Waals surface area contributed by atoms with Crippen molar-refractivity contribution in [2.75, 3.05) is 31.7 Å². The average molecular weight is 370 g/mol. The minimum absolute atomic E-state index is 0.309. The quantitative estimate of drug-likeness (QED) is 0.764. The summed E-state index contributed by atoms with van der Waals surface area (Å²) in [6.45, 7) is 3.67. The van der Waals surface area contributed by atoms with Crippen LogP contribution in [-0.4, -0.2) is 38.4 Å². The Kier molecular flexibility index (Phi) is 6.14. The van der Waals surface area contributed by atoms with Gasteiger partial charge >= 0.3 is 12.0 Å². The summed E-state index contributed by atoms with van der Waals surface area (Å²) in [5, 5.41) is 5.53. The van der Waals surface area contributed by atoms with Gasteiger partial charge in [-0.25, -0.2) is 9.59 Å². The summed E-state index contributed by atoms with van der Waals surface area (Å²) in [7, 11) is 0. The van der Waals surface area contributed by atoms with Gasteiger partial charge in [0.15, 0.2) is 11.5 Å². The van der Waals surface area contributed by atoms with Crippen molar-refractivity contribution in [1.82, 2.24) is 5.32 Å². The fraction of sp³-hybridized carbons (Fsp3) is 0.300. The Morgan fingerprint density at radius 2 is 1.78 bits per heavy atom.